The third-order valence-corrected chi connectivity index (χ3v) is 6.71. The minimum absolute atomic E-state index is 0.106. The molecule has 1 N–H and O–H groups in total. The van der Waals surface area contributed by atoms with Crippen molar-refractivity contribution in [2.24, 2.45) is 0 Å². The lowest BCUT2D eigenvalue weighted by Gasteiger charge is -2.36. The Hall–Kier alpha value is -4.17. The van der Waals surface area contributed by atoms with Crippen molar-refractivity contribution in [3.63, 3.8) is 0 Å². The fourth-order valence-electron chi connectivity index (χ4n) is 4.63. The van der Waals surface area contributed by atoms with Gasteiger partial charge in [0.1, 0.15) is 34.3 Å². The van der Waals surface area contributed by atoms with Crippen LogP contribution in [0.3, 0.4) is 0 Å². The average molecular weight is 503 g/mol. The summed E-state index contributed by atoms with van der Waals surface area (Å²) < 4.78 is 22.5. The minimum Gasteiger partial charge on any atom is -0.507 e. The highest BCUT2D eigenvalue weighted by molar-refractivity contribution is 5.83. The number of hydrogen-bond donors (Lipinski definition) is 1. The molecule has 3 aromatic carbocycles. The van der Waals surface area contributed by atoms with Gasteiger partial charge in [0.25, 0.3) is 0 Å². The van der Waals surface area contributed by atoms with Gasteiger partial charge in [0.05, 0.1) is 25.2 Å². The van der Waals surface area contributed by atoms with Crippen LogP contribution in [-0.4, -0.2) is 50.4 Å². The number of ether oxygens (including phenoxy) is 3. The van der Waals surface area contributed by atoms with E-state index in [4.69, 9.17) is 18.6 Å². The van der Waals surface area contributed by atoms with E-state index in [1.807, 2.05) is 12.1 Å². The van der Waals surface area contributed by atoms with E-state index < -0.39 is 0 Å². The van der Waals surface area contributed by atoms with E-state index in [1.54, 1.807) is 57.5 Å². The number of phenols is 1. The van der Waals surface area contributed by atoms with Crippen molar-refractivity contribution in [1.29, 1.82) is 0 Å². The zero-order valence-electron chi connectivity index (χ0n) is 21.2. The van der Waals surface area contributed by atoms with Crippen molar-refractivity contribution in [2.75, 3.05) is 45.3 Å². The number of methoxy groups -OCH3 is 2. The van der Waals surface area contributed by atoms with Gasteiger partial charge in [-0.15, -0.1) is 0 Å². The highest BCUT2D eigenvalue weighted by atomic mass is 16.5. The Labute approximate surface area is 215 Å². The molecule has 0 atom stereocenters. The van der Waals surface area contributed by atoms with Crippen molar-refractivity contribution in [3.8, 4) is 28.7 Å². The Morgan fingerprint density at radius 1 is 0.892 bits per heavy atom. The van der Waals surface area contributed by atoms with Crippen LogP contribution < -0.4 is 24.5 Å². The van der Waals surface area contributed by atoms with Crippen LogP contribution in [0, 0.1) is 6.92 Å². The summed E-state index contributed by atoms with van der Waals surface area (Å²) in [6.45, 7) is 5.47. The van der Waals surface area contributed by atoms with Gasteiger partial charge in [-0.1, -0.05) is 6.07 Å². The summed E-state index contributed by atoms with van der Waals surface area (Å²) in [7, 11) is 3.23. The molecule has 1 fully saturated rings. The zero-order chi connectivity index (χ0) is 25.9. The van der Waals surface area contributed by atoms with Gasteiger partial charge in [0.2, 0.25) is 11.2 Å². The lowest BCUT2D eigenvalue weighted by Crippen LogP contribution is -2.46. The largest absolute Gasteiger partial charge is 0.507 e. The molecule has 0 amide bonds. The summed E-state index contributed by atoms with van der Waals surface area (Å²) in [5.41, 5.74) is 1.85. The van der Waals surface area contributed by atoms with Crippen molar-refractivity contribution >= 4 is 16.7 Å². The first-order chi connectivity index (χ1) is 18.0. The Kier molecular flexibility index (Phi) is 6.92. The molecule has 8 heteroatoms. The van der Waals surface area contributed by atoms with E-state index in [9.17, 15) is 9.90 Å². The highest BCUT2D eigenvalue weighted by Gasteiger charge is 2.23. The van der Waals surface area contributed by atoms with Crippen molar-refractivity contribution in [1.82, 2.24) is 4.90 Å². The van der Waals surface area contributed by atoms with Crippen LogP contribution in [0.2, 0.25) is 0 Å². The summed E-state index contributed by atoms with van der Waals surface area (Å²) in [6, 6.07) is 18.2. The summed E-state index contributed by atoms with van der Waals surface area (Å²) >= 11 is 0. The van der Waals surface area contributed by atoms with Crippen LogP contribution in [0.15, 0.2) is 69.9 Å². The number of benzene rings is 3. The average Bonchev–Trinajstić information content (AvgIpc) is 2.93. The first-order valence-corrected chi connectivity index (χ1v) is 12.2. The standard InChI is InChI=1S/C29H30N2O6/c1-19-28(37-23-6-4-5-22(17-23)35-3)27(33)24-11-12-26(32)25(29(24)36-19)18-30-13-15-31(16-14-30)20-7-9-21(34-2)10-8-20/h4-12,17,32H,13-16,18H2,1-3H3. The molecule has 0 saturated carbocycles. The normalized spacial score (nSPS) is 14.1. The monoisotopic (exact) mass is 502 g/mol. The molecule has 1 saturated heterocycles. The van der Waals surface area contributed by atoms with E-state index in [0.717, 1.165) is 37.6 Å². The SMILES string of the molecule is COc1ccc(N2CCN(Cc3c(O)ccc4c(=O)c(Oc5cccc(OC)c5)c(C)oc34)CC2)cc1. The molecule has 37 heavy (non-hydrogen) atoms. The number of nitrogens with zero attached hydrogens (tertiary/aromatic N) is 2. The second-order valence-corrected chi connectivity index (χ2v) is 9.00. The van der Waals surface area contributed by atoms with Crippen LogP contribution >= 0.6 is 0 Å². The fourth-order valence-corrected chi connectivity index (χ4v) is 4.63. The molecule has 4 aromatic rings. The molecule has 0 bridgehead atoms. The van der Waals surface area contributed by atoms with Gasteiger partial charge < -0.3 is 28.6 Å². The lowest BCUT2D eigenvalue weighted by molar-refractivity contribution is 0.246. The quantitative estimate of drug-likeness (QED) is 0.381. The Morgan fingerprint density at radius 2 is 1.59 bits per heavy atom. The summed E-state index contributed by atoms with van der Waals surface area (Å²) in [4.78, 5) is 18.0. The first-order valence-electron chi connectivity index (χ1n) is 12.2. The number of hydrogen-bond acceptors (Lipinski definition) is 8. The molecule has 1 aliphatic heterocycles. The molecule has 8 nitrogen and oxygen atoms in total. The molecular formula is C29H30N2O6. The highest BCUT2D eigenvalue weighted by Crippen LogP contribution is 2.33. The Morgan fingerprint density at radius 3 is 2.30 bits per heavy atom. The number of piperazine rings is 1. The summed E-state index contributed by atoms with van der Waals surface area (Å²) in [5.74, 6) is 2.50. The maximum atomic E-state index is 13.4. The summed E-state index contributed by atoms with van der Waals surface area (Å²) in [5, 5.41) is 11.1. The molecule has 0 unspecified atom stereocenters. The first kappa shape index (κ1) is 24.5. The molecule has 2 heterocycles. The van der Waals surface area contributed by atoms with Gasteiger partial charge in [-0.25, -0.2) is 0 Å². The van der Waals surface area contributed by atoms with E-state index in [2.05, 4.69) is 21.9 Å². The van der Waals surface area contributed by atoms with Crippen LogP contribution in [-0.2, 0) is 6.54 Å². The van der Waals surface area contributed by atoms with Crippen LogP contribution in [0.1, 0.15) is 11.3 Å². The molecule has 1 aliphatic rings. The van der Waals surface area contributed by atoms with E-state index in [1.165, 1.54) is 0 Å². The number of anilines is 1. The minimum atomic E-state index is -0.285. The van der Waals surface area contributed by atoms with Gasteiger partial charge in [-0.05, 0) is 55.5 Å². The molecule has 192 valence electrons. The zero-order valence-corrected chi connectivity index (χ0v) is 21.2. The smallest absolute Gasteiger partial charge is 0.235 e. The van der Waals surface area contributed by atoms with E-state index >= 15 is 0 Å². The van der Waals surface area contributed by atoms with Gasteiger partial charge in [-0.2, -0.15) is 0 Å². The van der Waals surface area contributed by atoms with Crippen LogP contribution in [0.25, 0.3) is 11.0 Å². The third-order valence-electron chi connectivity index (χ3n) is 6.71. The van der Waals surface area contributed by atoms with E-state index in [-0.39, 0.29) is 16.9 Å². The van der Waals surface area contributed by atoms with Crippen LogP contribution in [0.4, 0.5) is 5.69 Å². The van der Waals surface area contributed by atoms with Crippen molar-refractivity contribution in [2.45, 2.75) is 13.5 Å². The number of aryl methyl sites for hydroxylation is 1. The van der Waals surface area contributed by atoms with Gasteiger partial charge in [0.15, 0.2) is 0 Å². The molecule has 5 rings (SSSR count). The Bertz CT molecular complexity index is 1460. The number of phenolic OH excluding ortho intramolecular Hbond substituents is 1. The van der Waals surface area contributed by atoms with Crippen molar-refractivity contribution in [3.05, 3.63) is 82.2 Å². The van der Waals surface area contributed by atoms with Gasteiger partial charge in [-0.3, -0.25) is 9.69 Å². The predicted octanol–water partition coefficient (Wildman–Crippen LogP) is 4.94. The summed E-state index contributed by atoms with van der Waals surface area (Å²) in [6.07, 6.45) is 0. The topological polar surface area (TPSA) is 84.6 Å². The number of fused-ring (bicyclic) bond motifs is 1. The number of rotatable bonds is 7. The maximum Gasteiger partial charge on any atom is 0.235 e. The maximum absolute atomic E-state index is 13.4. The molecule has 0 aliphatic carbocycles. The molecule has 0 spiro atoms. The fraction of sp³-hybridized carbons (Fsp3) is 0.276. The molecule has 1 aromatic heterocycles. The number of aromatic hydroxyl groups is 1. The van der Waals surface area contributed by atoms with E-state index in [0.29, 0.717) is 40.3 Å². The lowest BCUT2D eigenvalue weighted by atomic mass is 10.1. The van der Waals surface area contributed by atoms with Gasteiger partial charge >= 0.3 is 0 Å². The van der Waals surface area contributed by atoms with Crippen LogP contribution in [0.5, 0.6) is 28.7 Å². The van der Waals surface area contributed by atoms with Crippen molar-refractivity contribution < 1.29 is 23.7 Å². The Balaban J connectivity index is 1.37. The predicted molar refractivity (Wildman–Crippen MR) is 142 cm³/mol. The third kappa shape index (κ3) is 5.06. The van der Waals surface area contributed by atoms with Gasteiger partial charge in [0, 0.05) is 44.5 Å². The molecular weight excluding hydrogens is 472 g/mol. The molecule has 0 radical (unpaired) electrons. The second-order valence-electron chi connectivity index (χ2n) is 9.00. The second kappa shape index (κ2) is 10.4.